The Morgan fingerprint density at radius 1 is 0.889 bits per heavy atom. The number of halogens is 3. The molecule has 2 aromatic carbocycles. The minimum Gasteiger partial charge on any atom is -0.490 e. The van der Waals surface area contributed by atoms with Crippen LogP contribution in [0, 0.1) is 5.82 Å². The Hall–Kier alpha value is -3.06. The van der Waals surface area contributed by atoms with Gasteiger partial charge < -0.3 is 19.1 Å². The monoisotopic (exact) mass is 531 g/mol. The molecule has 1 heterocycles. The zero-order valence-electron chi connectivity index (χ0n) is 22.7. The lowest BCUT2D eigenvalue weighted by Crippen LogP contribution is -2.19. The number of nitrogens with one attached hydrogen (secondary N) is 1. The van der Waals surface area contributed by atoms with Gasteiger partial charge in [0.1, 0.15) is 0 Å². The minimum atomic E-state index is -0.584. The zero-order valence-corrected chi connectivity index (χ0v) is 23.9. The van der Waals surface area contributed by atoms with Crippen molar-refractivity contribution in [3.63, 3.8) is 0 Å². The van der Waals surface area contributed by atoms with E-state index < -0.39 is 11.4 Å². The number of aromatic nitrogens is 2. The van der Waals surface area contributed by atoms with E-state index in [1.807, 2.05) is 81.3 Å². The normalized spacial score (nSPS) is 8.36. The Morgan fingerprint density at radius 2 is 1.44 bits per heavy atom. The molecule has 0 saturated heterocycles. The average molecular weight is 532 g/mol. The molecule has 0 spiro atoms. The van der Waals surface area contributed by atoms with Crippen molar-refractivity contribution in [2.45, 2.75) is 48.1 Å². The van der Waals surface area contributed by atoms with Gasteiger partial charge in [-0.15, -0.1) is 0 Å². The van der Waals surface area contributed by atoms with Crippen molar-refractivity contribution < 1.29 is 22.4 Å². The lowest BCUT2D eigenvalue weighted by molar-refractivity contribution is 0.402. The molecular formula is C26H41F3N3O3P. The Kier molecular flexibility index (Phi) is 26.1. The highest BCUT2D eigenvalue weighted by molar-refractivity contribution is 7.10. The molecule has 36 heavy (non-hydrogen) atoms. The third-order valence-electron chi connectivity index (χ3n) is 3.72. The summed E-state index contributed by atoms with van der Waals surface area (Å²) >= 11 is 0. The van der Waals surface area contributed by atoms with E-state index in [0.29, 0.717) is 20.9 Å². The maximum Gasteiger partial charge on any atom is 0.316 e. The third-order valence-corrected chi connectivity index (χ3v) is 3.97. The van der Waals surface area contributed by atoms with E-state index >= 15 is 0 Å². The van der Waals surface area contributed by atoms with Gasteiger partial charge >= 0.3 is 5.56 Å². The lowest BCUT2D eigenvalue weighted by atomic mass is 10.2. The molecule has 1 atom stereocenters. The summed E-state index contributed by atoms with van der Waals surface area (Å²) in [6.45, 7) is 12.4. The van der Waals surface area contributed by atoms with Gasteiger partial charge in [0.15, 0.2) is 11.6 Å². The Labute approximate surface area is 216 Å². The van der Waals surface area contributed by atoms with Crippen LogP contribution in [0.5, 0.6) is 11.5 Å². The van der Waals surface area contributed by atoms with Crippen molar-refractivity contribution in [3.05, 3.63) is 76.5 Å². The summed E-state index contributed by atoms with van der Waals surface area (Å²) in [4.78, 5) is 16.1. The van der Waals surface area contributed by atoms with E-state index in [2.05, 4.69) is 10.3 Å². The van der Waals surface area contributed by atoms with Gasteiger partial charge in [-0.2, -0.15) is 4.98 Å². The van der Waals surface area contributed by atoms with Gasteiger partial charge in [0.05, 0.1) is 49.4 Å². The Morgan fingerprint density at radius 3 is 1.94 bits per heavy atom. The van der Waals surface area contributed by atoms with Crippen LogP contribution in [0.4, 0.5) is 24.8 Å². The fourth-order valence-corrected chi connectivity index (χ4v) is 2.61. The molecule has 204 valence electrons. The van der Waals surface area contributed by atoms with E-state index in [-0.39, 0.29) is 23.1 Å². The van der Waals surface area contributed by atoms with Crippen molar-refractivity contribution in [2.24, 2.45) is 0 Å². The van der Waals surface area contributed by atoms with Crippen LogP contribution < -0.4 is 20.1 Å². The molecule has 0 aliphatic heterocycles. The number of hydrogen-bond acceptors (Lipinski definition) is 5. The van der Waals surface area contributed by atoms with Gasteiger partial charge in [0.2, 0.25) is 11.7 Å². The molecule has 1 aromatic heterocycles. The SMILES string of the molecule is CC.CC.CC.CF.CF.COc1cn(Cc2ccccc2)c(Nc2cccc(OP)c2F)nc1=O. The van der Waals surface area contributed by atoms with Gasteiger partial charge in [0.25, 0.3) is 0 Å². The molecule has 0 amide bonds. The molecular weight excluding hydrogens is 490 g/mol. The second kappa shape index (κ2) is 25.0. The quantitative estimate of drug-likeness (QED) is 0.332. The number of anilines is 2. The summed E-state index contributed by atoms with van der Waals surface area (Å²) in [6, 6.07) is 14.3. The Bertz CT molecular complexity index is 976. The number of methoxy groups -OCH3 is 1. The zero-order chi connectivity index (χ0) is 28.5. The third kappa shape index (κ3) is 12.6. The van der Waals surface area contributed by atoms with Crippen LogP contribution in [0.1, 0.15) is 47.1 Å². The Balaban J connectivity index is -0.000000973. The van der Waals surface area contributed by atoms with Gasteiger partial charge in [-0.05, 0) is 17.7 Å². The van der Waals surface area contributed by atoms with Crippen LogP contribution in [-0.4, -0.2) is 31.0 Å². The number of rotatable bonds is 6. The first-order valence-corrected chi connectivity index (χ1v) is 12.0. The summed E-state index contributed by atoms with van der Waals surface area (Å²) in [5, 5.41) is 2.86. The number of benzene rings is 2. The maximum atomic E-state index is 14.4. The van der Waals surface area contributed by atoms with E-state index in [0.717, 1.165) is 5.56 Å². The predicted octanol–water partition coefficient (Wildman–Crippen LogP) is 7.60. The fourth-order valence-electron chi connectivity index (χ4n) is 2.43. The molecule has 0 fully saturated rings. The van der Waals surface area contributed by atoms with E-state index in [1.165, 1.54) is 19.2 Å². The molecule has 0 aliphatic carbocycles. The molecule has 0 saturated carbocycles. The first kappa shape index (κ1) is 37.5. The van der Waals surface area contributed by atoms with E-state index in [1.54, 1.807) is 16.8 Å². The first-order chi connectivity index (χ1) is 17.6. The van der Waals surface area contributed by atoms with Crippen LogP contribution in [0.3, 0.4) is 0 Å². The highest BCUT2D eigenvalue weighted by Crippen LogP contribution is 2.27. The minimum absolute atomic E-state index is 0.0606. The number of alkyl halides is 2. The second-order valence-electron chi connectivity index (χ2n) is 5.41. The maximum absolute atomic E-state index is 14.4. The van der Waals surface area contributed by atoms with Crippen molar-refractivity contribution in [2.75, 3.05) is 26.8 Å². The molecule has 0 bridgehead atoms. The molecule has 6 nitrogen and oxygen atoms in total. The van der Waals surface area contributed by atoms with Crippen molar-refractivity contribution in [1.82, 2.24) is 9.55 Å². The van der Waals surface area contributed by atoms with Gasteiger partial charge in [-0.3, -0.25) is 13.6 Å². The smallest absolute Gasteiger partial charge is 0.316 e. The van der Waals surface area contributed by atoms with E-state index in [4.69, 9.17) is 9.26 Å². The highest BCUT2D eigenvalue weighted by Gasteiger charge is 2.14. The number of nitrogens with zero attached hydrogens (tertiary/aromatic N) is 2. The molecule has 1 N–H and O–H groups in total. The number of ether oxygens (including phenoxy) is 1. The van der Waals surface area contributed by atoms with Crippen molar-refractivity contribution in [3.8, 4) is 11.5 Å². The topological polar surface area (TPSA) is 65.4 Å². The number of hydrogen-bond donors (Lipinski definition) is 1. The molecule has 3 aromatic rings. The molecule has 10 heteroatoms. The van der Waals surface area contributed by atoms with Crippen LogP contribution in [-0.2, 0) is 6.54 Å². The van der Waals surface area contributed by atoms with Gasteiger partial charge in [-0.1, -0.05) is 77.9 Å². The molecule has 3 rings (SSSR count). The summed E-state index contributed by atoms with van der Waals surface area (Å²) in [5.74, 6) is -0.224. The average Bonchev–Trinajstić information content (AvgIpc) is 2.97. The summed E-state index contributed by atoms with van der Waals surface area (Å²) in [5.41, 5.74) is 0.590. The summed E-state index contributed by atoms with van der Waals surface area (Å²) in [7, 11) is 4.40. The molecule has 0 radical (unpaired) electrons. The van der Waals surface area contributed by atoms with Gasteiger partial charge in [-0.25, -0.2) is 4.39 Å². The first-order valence-electron chi connectivity index (χ1n) is 11.5. The molecule has 1 unspecified atom stereocenters. The van der Waals surface area contributed by atoms with Crippen LogP contribution >= 0.6 is 9.47 Å². The van der Waals surface area contributed by atoms with Gasteiger partial charge in [0, 0.05) is 0 Å². The molecule has 0 aliphatic rings. The van der Waals surface area contributed by atoms with Crippen molar-refractivity contribution in [1.29, 1.82) is 0 Å². The lowest BCUT2D eigenvalue weighted by Gasteiger charge is -2.16. The standard InChI is InChI=1S/C18H17FN3O3P.3C2H6.2CH3F/c1-24-15-11-22(10-12-6-3-2-4-7-12)18(21-17(15)23)20-13-8-5-9-14(25-26)16(13)19;5*1-2/h2-9,11H,10,26H2,1H3,(H,20,21,23);3*1-2H3;2*1H3. The highest BCUT2D eigenvalue weighted by atomic mass is 31.0. The van der Waals surface area contributed by atoms with E-state index in [9.17, 15) is 18.0 Å². The predicted molar refractivity (Wildman–Crippen MR) is 149 cm³/mol. The van der Waals surface area contributed by atoms with Crippen molar-refractivity contribution >= 4 is 21.1 Å². The van der Waals surface area contributed by atoms with Crippen LogP contribution in [0.2, 0.25) is 0 Å². The van der Waals surface area contributed by atoms with Crippen LogP contribution in [0.25, 0.3) is 0 Å². The second-order valence-corrected chi connectivity index (χ2v) is 5.65. The van der Waals surface area contributed by atoms with Crippen LogP contribution in [0.15, 0.2) is 59.5 Å². The summed E-state index contributed by atoms with van der Waals surface area (Å²) < 4.78 is 45.1. The fraction of sp³-hybridized carbons (Fsp3) is 0.385. The largest absolute Gasteiger partial charge is 0.490 e. The summed E-state index contributed by atoms with van der Waals surface area (Å²) in [6.07, 6.45) is 1.54.